The molecule has 3 N–H and O–H groups in total. The minimum atomic E-state index is -0.501. The quantitative estimate of drug-likeness (QED) is 0.697. The van der Waals surface area contributed by atoms with Crippen LogP contribution in [0, 0.1) is 0 Å². The van der Waals surface area contributed by atoms with Crippen molar-refractivity contribution in [2.24, 2.45) is 5.73 Å². The summed E-state index contributed by atoms with van der Waals surface area (Å²) in [5, 5.41) is 2.76. The second-order valence-electron chi connectivity index (χ2n) is 3.18. The number of ether oxygens (including phenoxy) is 1. The van der Waals surface area contributed by atoms with E-state index in [0.717, 1.165) is 5.56 Å². The third-order valence-electron chi connectivity index (χ3n) is 2.03. The first-order valence-corrected chi connectivity index (χ1v) is 4.87. The number of rotatable bonds is 5. The Kier molecular flexibility index (Phi) is 4.80. The Balaban J connectivity index is 2.34. The van der Waals surface area contributed by atoms with Crippen LogP contribution in [-0.2, 0) is 16.1 Å². The summed E-state index contributed by atoms with van der Waals surface area (Å²) in [7, 11) is 0. The van der Waals surface area contributed by atoms with Gasteiger partial charge in [0.2, 0.25) is 5.91 Å². The van der Waals surface area contributed by atoms with Crippen molar-refractivity contribution in [2.75, 3.05) is 6.73 Å². The maximum absolute atomic E-state index is 11.4. The Morgan fingerprint density at radius 2 is 2.13 bits per heavy atom. The molecular formula is C11H16N2O2. The molecule has 15 heavy (non-hydrogen) atoms. The number of hydrogen-bond acceptors (Lipinski definition) is 3. The Labute approximate surface area is 89.4 Å². The topological polar surface area (TPSA) is 64.3 Å². The van der Waals surface area contributed by atoms with Crippen LogP contribution in [0.25, 0.3) is 0 Å². The highest BCUT2D eigenvalue weighted by Gasteiger charge is 2.11. The molecule has 0 fully saturated rings. The van der Waals surface area contributed by atoms with Crippen LogP contribution in [0.2, 0.25) is 0 Å². The van der Waals surface area contributed by atoms with Crippen molar-refractivity contribution in [1.82, 2.24) is 5.32 Å². The van der Waals surface area contributed by atoms with E-state index >= 15 is 0 Å². The van der Waals surface area contributed by atoms with Crippen LogP contribution in [0.4, 0.5) is 0 Å². The first-order chi connectivity index (χ1) is 7.24. The molecule has 0 saturated heterocycles. The lowest BCUT2D eigenvalue weighted by atomic mass is 10.2. The average molecular weight is 208 g/mol. The summed E-state index contributed by atoms with van der Waals surface area (Å²) in [5.41, 5.74) is 6.23. The second-order valence-corrected chi connectivity index (χ2v) is 3.18. The molecule has 0 heterocycles. The molecule has 0 spiro atoms. The molecule has 1 amide bonds. The number of amides is 1. The highest BCUT2D eigenvalue weighted by molar-refractivity contribution is 5.80. The van der Waals surface area contributed by atoms with Gasteiger partial charge in [-0.15, -0.1) is 0 Å². The van der Waals surface area contributed by atoms with Gasteiger partial charge in [0.25, 0.3) is 0 Å². The van der Waals surface area contributed by atoms with Gasteiger partial charge in [-0.25, -0.2) is 0 Å². The maximum atomic E-state index is 11.4. The third kappa shape index (κ3) is 4.10. The lowest BCUT2D eigenvalue weighted by Crippen LogP contribution is -2.35. The number of nitrogens with two attached hydrogens (primary N) is 1. The zero-order valence-electron chi connectivity index (χ0n) is 8.77. The smallest absolute Gasteiger partial charge is 0.249 e. The van der Waals surface area contributed by atoms with Crippen molar-refractivity contribution in [3.05, 3.63) is 35.9 Å². The zero-order valence-corrected chi connectivity index (χ0v) is 8.77. The van der Waals surface area contributed by atoms with Gasteiger partial charge in [-0.3, -0.25) is 4.79 Å². The van der Waals surface area contributed by atoms with E-state index in [1.165, 1.54) is 0 Å². The summed E-state index contributed by atoms with van der Waals surface area (Å²) >= 11 is 0. The minimum absolute atomic E-state index is 0.0555. The van der Waals surface area contributed by atoms with Gasteiger partial charge in [-0.1, -0.05) is 30.3 Å². The molecule has 4 nitrogen and oxygen atoms in total. The molecule has 0 saturated carbocycles. The first-order valence-electron chi connectivity index (χ1n) is 4.87. The summed E-state index contributed by atoms with van der Waals surface area (Å²) in [5.74, 6) is -0.149. The van der Waals surface area contributed by atoms with Crippen LogP contribution in [0.15, 0.2) is 30.3 Å². The van der Waals surface area contributed by atoms with Gasteiger partial charge in [0, 0.05) is 6.54 Å². The standard InChI is InChI=1S/C11H16N2O2/c1-9(15-8-12)11(14)13-7-10-5-3-2-4-6-10/h2-6,9H,7-8,12H2,1H3,(H,13,14). The zero-order chi connectivity index (χ0) is 11.1. The second kappa shape index (κ2) is 6.16. The maximum Gasteiger partial charge on any atom is 0.249 e. The molecule has 0 aliphatic heterocycles. The number of benzene rings is 1. The lowest BCUT2D eigenvalue weighted by Gasteiger charge is -2.11. The fraction of sp³-hybridized carbons (Fsp3) is 0.364. The molecule has 0 bridgehead atoms. The molecule has 1 rings (SSSR count). The fourth-order valence-corrected chi connectivity index (χ4v) is 1.15. The number of carbonyl (C=O) groups excluding carboxylic acids is 1. The molecule has 0 aliphatic carbocycles. The van der Waals surface area contributed by atoms with Gasteiger partial charge in [0.1, 0.15) is 6.10 Å². The molecule has 1 aromatic rings. The number of nitrogens with one attached hydrogen (secondary N) is 1. The van der Waals surface area contributed by atoms with Gasteiger partial charge < -0.3 is 15.8 Å². The number of hydrogen-bond donors (Lipinski definition) is 2. The summed E-state index contributed by atoms with van der Waals surface area (Å²) in [4.78, 5) is 11.4. The van der Waals surface area contributed by atoms with Crippen LogP contribution in [0.3, 0.4) is 0 Å². The molecule has 82 valence electrons. The lowest BCUT2D eigenvalue weighted by molar-refractivity contribution is -0.131. The van der Waals surface area contributed by atoms with Crippen molar-refractivity contribution in [1.29, 1.82) is 0 Å². The molecule has 0 aliphatic rings. The fourth-order valence-electron chi connectivity index (χ4n) is 1.15. The van der Waals surface area contributed by atoms with E-state index in [4.69, 9.17) is 10.5 Å². The SMILES string of the molecule is CC(OCN)C(=O)NCc1ccccc1. The van der Waals surface area contributed by atoms with Crippen LogP contribution >= 0.6 is 0 Å². The Hall–Kier alpha value is -1.39. The molecule has 1 aromatic carbocycles. The van der Waals surface area contributed by atoms with Crippen LogP contribution in [0.1, 0.15) is 12.5 Å². The predicted octanol–water partition coefficient (Wildman–Crippen LogP) is 0.624. The van der Waals surface area contributed by atoms with E-state index < -0.39 is 6.10 Å². The van der Waals surface area contributed by atoms with Crippen LogP contribution in [-0.4, -0.2) is 18.7 Å². The predicted molar refractivity (Wildman–Crippen MR) is 57.9 cm³/mol. The van der Waals surface area contributed by atoms with E-state index in [-0.39, 0.29) is 12.6 Å². The van der Waals surface area contributed by atoms with Crippen molar-refractivity contribution in [3.63, 3.8) is 0 Å². The van der Waals surface area contributed by atoms with E-state index in [0.29, 0.717) is 6.54 Å². The summed E-state index contributed by atoms with van der Waals surface area (Å²) in [6.45, 7) is 2.24. The van der Waals surface area contributed by atoms with Gasteiger partial charge >= 0.3 is 0 Å². The largest absolute Gasteiger partial charge is 0.354 e. The van der Waals surface area contributed by atoms with E-state index in [1.54, 1.807) is 6.92 Å². The molecular weight excluding hydrogens is 192 g/mol. The van der Waals surface area contributed by atoms with Crippen LogP contribution < -0.4 is 11.1 Å². The molecule has 0 radical (unpaired) electrons. The van der Waals surface area contributed by atoms with Gasteiger partial charge in [-0.2, -0.15) is 0 Å². The Morgan fingerprint density at radius 1 is 1.47 bits per heavy atom. The van der Waals surface area contributed by atoms with Crippen molar-refractivity contribution in [2.45, 2.75) is 19.6 Å². The average Bonchev–Trinajstić information content (AvgIpc) is 2.27. The number of carbonyl (C=O) groups is 1. The summed E-state index contributed by atoms with van der Waals surface area (Å²) in [6, 6.07) is 9.71. The highest BCUT2D eigenvalue weighted by Crippen LogP contribution is 1.98. The molecule has 1 atom stereocenters. The van der Waals surface area contributed by atoms with E-state index in [2.05, 4.69) is 5.32 Å². The van der Waals surface area contributed by atoms with Gasteiger partial charge in [-0.05, 0) is 12.5 Å². The molecule has 1 unspecified atom stereocenters. The Bertz CT molecular complexity index is 301. The van der Waals surface area contributed by atoms with Crippen LogP contribution in [0.5, 0.6) is 0 Å². The summed E-state index contributed by atoms with van der Waals surface area (Å²) < 4.78 is 4.96. The first kappa shape index (κ1) is 11.7. The third-order valence-corrected chi connectivity index (χ3v) is 2.03. The van der Waals surface area contributed by atoms with Gasteiger partial charge in [0.15, 0.2) is 0 Å². The molecule has 0 aromatic heterocycles. The minimum Gasteiger partial charge on any atom is -0.354 e. The van der Waals surface area contributed by atoms with Gasteiger partial charge in [0.05, 0.1) is 6.73 Å². The normalized spacial score (nSPS) is 12.1. The monoisotopic (exact) mass is 208 g/mol. The highest BCUT2D eigenvalue weighted by atomic mass is 16.5. The summed E-state index contributed by atoms with van der Waals surface area (Å²) in [6.07, 6.45) is -0.501. The van der Waals surface area contributed by atoms with Crippen molar-refractivity contribution < 1.29 is 9.53 Å². The van der Waals surface area contributed by atoms with Crippen molar-refractivity contribution in [3.8, 4) is 0 Å². The van der Waals surface area contributed by atoms with E-state index in [9.17, 15) is 4.79 Å². The Morgan fingerprint density at radius 3 is 2.73 bits per heavy atom. The van der Waals surface area contributed by atoms with E-state index in [1.807, 2.05) is 30.3 Å². The molecule has 4 heteroatoms. The van der Waals surface area contributed by atoms with Crippen molar-refractivity contribution >= 4 is 5.91 Å².